The molecule has 1 aliphatic carbocycles. The van der Waals surface area contributed by atoms with Crippen molar-refractivity contribution in [3.63, 3.8) is 0 Å². The summed E-state index contributed by atoms with van der Waals surface area (Å²) in [6.07, 6.45) is 9.21. The molecule has 0 bridgehead atoms. The van der Waals surface area contributed by atoms with Crippen LogP contribution in [0.3, 0.4) is 0 Å². The Bertz CT molecular complexity index is 3210. The number of H-pyrrole nitrogens is 1. The van der Waals surface area contributed by atoms with Gasteiger partial charge in [0.15, 0.2) is 11.6 Å². The molecule has 5 aliphatic heterocycles. The number of aromatic amines is 1. The van der Waals surface area contributed by atoms with E-state index in [9.17, 15) is 47.9 Å². The van der Waals surface area contributed by atoms with E-state index in [1.165, 1.54) is 11.8 Å². The van der Waals surface area contributed by atoms with Gasteiger partial charge in [0.05, 0.1) is 12.1 Å². The number of imide groups is 1. The number of Topliss-reactive ketones (excluding diaryl/α,β-unsaturated/α-hetero) is 2. The van der Waals surface area contributed by atoms with Crippen LogP contribution in [0.5, 0.6) is 0 Å². The largest absolute Gasteiger partial charge is 0.370 e. The van der Waals surface area contributed by atoms with Crippen LogP contribution in [-0.2, 0) is 46.5 Å². The molecule has 4 aromatic rings. The van der Waals surface area contributed by atoms with Gasteiger partial charge in [-0.05, 0) is 136 Å². The smallest absolute Gasteiger partial charge is 0.268 e. The third-order valence-corrected chi connectivity index (χ3v) is 17.6. The number of carbonyl (C=O) groups is 10. The number of piperidine rings is 3. The number of likely N-dealkylation sites (tertiary alicyclic amines) is 1. The molecule has 6 atom stereocenters. The number of nitrogens with one attached hydrogen (secondary N) is 4. The van der Waals surface area contributed by atoms with Crippen molar-refractivity contribution in [2.45, 2.75) is 159 Å². The van der Waals surface area contributed by atoms with E-state index in [2.05, 4.69) is 32.8 Å². The van der Waals surface area contributed by atoms with Crippen molar-refractivity contribution in [2.24, 2.45) is 23.5 Å². The lowest BCUT2D eigenvalue weighted by Crippen LogP contribution is -2.59. The van der Waals surface area contributed by atoms with Gasteiger partial charge < -0.3 is 36.1 Å². The maximum Gasteiger partial charge on any atom is 0.268 e. The number of nitrogens with two attached hydrogens (primary N) is 1. The van der Waals surface area contributed by atoms with E-state index < -0.39 is 65.7 Å². The van der Waals surface area contributed by atoms with Crippen molar-refractivity contribution in [1.29, 1.82) is 0 Å². The molecule has 18 heteroatoms. The second-order valence-electron chi connectivity index (χ2n) is 22.8. The summed E-state index contributed by atoms with van der Waals surface area (Å²) in [6, 6.07) is 15.4. The Labute approximate surface area is 465 Å². The molecule has 1 unspecified atom stereocenters. The van der Waals surface area contributed by atoms with Gasteiger partial charge in [-0.2, -0.15) is 0 Å². The maximum atomic E-state index is 14.9. The second-order valence-corrected chi connectivity index (χ2v) is 22.8. The number of amides is 8. The number of ketones is 2. The molecule has 6 heterocycles. The summed E-state index contributed by atoms with van der Waals surface area (Å²) in [5, 5.41) is 8.92. The minimum atomic E-state index is -1.15. The van der Waals surface area contributed by atoms with E-state index in [1.807, 2.05) is 35.2 Å². The van der Waals surface area contributed by atoms with E-state index in [-0.39, 0.29) is 86.0 Å². The van der Waals surface area contributed by atoms with Crippen molar-refractivity contribution in [1.82, 2.24) is 35.6 Å². The summed E-state index contributed by atoms with van der Waals surface area (Å²) >= 11 is 0. The van der Waals surface area contributed by atoms with Gasteiger partial charge in [0.1, 0.15) is 23.8 Å². The van der Waals surface area contributed by atoms with Crippen LogP contribution in [0.25, 0.3) is 10.9 Å². The molecule has 80 heavy (non-hydrogen) atoms. The Balaban J connectivity index is 0.792. The van der Waals surface area contributed by atoms with Crippen molar-refractivity contribution in [3.05, 3.63) is 106 Å². The lowest BCUT2D eigenvalue weighted by Gasteiger charge is -2.42. The fourth-order valence-corrected chi connectivity index (χ4v) is 13.3. The first-order valence-electron chi connectivity index (χ1n) is 28.6. The molecule has 18 nitrogen and oxygen atoms in total. The predicted molar refractivity (Wildman–Crippen MR) is 295 cm³/mol. The molecule has 0 radical (unpaired) electrons. The van der Waals surface area contributed by atoms with Gasteiger partial charge in [0.2, 0.25) is 35.4 Å². The molecule has 10 rings (SSSR count). The first-order valence-corrected chi connectivity index (χ1v) is 28.6. The summed E-state index contributed by atoms with van der Waals surface area (Å²) in [7, 11) is 0. The van der Waals surface area contributed by atoms with Crippen molar-refractivity contribution < 1.29 is 47.9 Å². The van der Waals surface area contributed by atoms with Crippen LogP contribution in [0.4, 0.5) is 0 Å². The third kappa shape index (κ3) is 12.0. The van der Waals surface area contributed by atoms with Crippen molar-refractivity contribution in [2.75, 3.05) is 13.1 Å². The number of rotatable bonds is 16. The predicted octanol–water partition coefficient (Wildman–Crippen LogP) is 5.88. The molecular weight excluding hydrogens is 1020 g/mol. The molecule has 418 valence electrons. The zero-order valence-corrected chi connectivity index (χ0v) is 45.3. The highest BCUT2D eigenvalue weighted by Gasteiger charge is 2.46. The van der Waals surface area contributed by atoms with Gasteiger partial charge in [-0.25, -0.2) is 0 Å². The molecule has 0 spiro atoms. The van der Waals surface area contributed by atoms with Crippen LogP contribution in [0.1, 0.15) is 176 Å². The zero-order chi connectivity index (χ0) is 56.2. The molecule has 3 aromatic carbocycles. The molecule has 1 aromatic heterocycles. The third-order valence-electron chi connectivity index (χ3n) is 17.6. The summed E-state index contributed by atoms with van der Waals surface area (Å²) in [6.45, 7) is 2.77. The monoisotopic (exact) mass is 1090 g/mol. The Morgan fingerprint density at radius 2 is 1.62 bits per heavy atom. The highest BCUT2D eigenvalue weighted by molar-refractivity contribution is 6.06. The van der Waals surface area contributed by atoms with Crippen LogP contribution in [-0.4, -0.2) is 116 Å². The fourth-order valence-electron chi connectivity index (χ4n) is 13.3. The van der Waals surface area contributed by atoms with Gasteiger partial charge >= 0.3 is 0 Å². The molecule has 6 N–H and O–H groups in total. The van der Waals surface area contributed by atoms with Crippen LogP contribution in [0.2, 0.25) is 0 Å². The standard InChI is InChI=1S/C62H70N8O10/c1-36(71)40-21-22-47-42(31-40)33-49(64-47)57(75)66-50-32-41-15-7-8-17-43(41)51-19-10-20-53(70(51)62(50)80)59(77)65-48(23-25-55(63)73)54(72)34-45(38-12-3-2-4-13-38)60(78)68-29-27-37(28-30-68)11-5-6-14-39-16-9-18-44-46(39)35-69(61(44)79)52-24-26-56(74)67-58(52)76/h7-9,15-18,21-22,31,33,37-38,45,48,50-53,64H,2-5,10-13,19-20,23-30,32,34-35H2,1H3,(H2,63,73)(H,65,77)(H,66,75)(H,67,74,76)/t45-,48-,50-,51+,52?,53-/m0/s1. The summed E-state index contributed by atoms with van der Waals surface area (Å²) in [5.74, 6) is 2.47. The molecule has 3 saturated heterocycles. The maximum absolute atomic E-state index is 14.9. The summed E-state index contributed by atoms with van der Waals surface area (Å²) in [4.78, 5) is 143. The van der Waals surface area contributed by atoms with Crippen molar-refractivity contribution in [3.8, 4) is 11.8 Å². The van der Waals surface area contributed by atoms with E-state index in [0.29, 0.717) is 66.7 Å². The van der Waals surface area contributed by atoms with Gasteiger partial charge in [0.25, 0.3) is 11.8 Å². The Morgan fingerprint density at radius 3 is 2.39 bits per heavy atom. The summed E-state index contributed by atoms with van der Waals surface area (Å²) < 4.78 is 0. The normalized spacial score (nSPS) is 22.2. The average molecular weight is 1090 g/mol. The number of primary amides is 1. The highest BCUT2D eigenvalue weighted by atomic mass is 16.2. The average Bonchev–Trinajstić information content (AvgIpc) is 4.11. The zero-order valence-electron chi connectivity index (χ0n) is 45.3. The lowest BCUT2D eigenvalue weighted by atomic mass is 9.76. The van der Waals surface area contributed by atoms with Crippen LogP contribution >= 0.6 is 0 Å². The van der Waals surface area contributed by atoms with Crippen molar-refractivity contribution >= 4 is 69.7 Å². The topological polar surface area (TPSA) is 258 Å². The van der Waals surface area contributed by atoms with Crippen LogP contribution < -0.4 is 21.7 Å². The molecule has 8 amide bonds. The first-order chi connectivity index (χ1) is 38.6. The van der Waals surface area contributed by atoms with Gasteiger partial charge in [-0.3, -0.25) is 53.3 Å². The van der Waals surface area contributed by atoms with E-state index in [0.717, 1.165) is 73.6 Å². The molecule has 4 fully saturated rings. The Kier molecular flexibility index (Phi) is 16.7. The Morgan fingerprint density at radius 1 is 0.838 bits per heavy atom. The number of aromatic nitrogens is 1. The number of hydrogen-bond donors (Lipinski definition) is 5. The van der Waals surface area contributed by atoms with Crippen LogP contribution in [0.15, 0.2) is 66.7 Å². The number of fused-ring (bicyclic) bond motifs is 5. The van der Waals surface area contributed by atoms with E-state index >= 15 is 0 Å². The van der Waals surface area contributed by atoms with Gasteiger partial charge in [-0.1, -0.05) is 61.4 Å². The highest BCUT2D eigenvalue weighted by Crippen LogP contribution is 2.40. The molecular formula is C62H70N8O10. The Hall–Kier alpha value is -7.94. The number of nitrogens with zero attached hydrogens (tertiary/aromatic N) is 3. The second kappa shape index (κ2) is 24.2. The van der Waals surface area contributed by atoms with Gasteiger partial charge in [0, 0.05) is 85.2 Å². The van der Waals surface area contributed by atoms with Gasteiger partial charge in [-0.15, -0.1) is 0 Å². The number of benzene rings is 3. The minimum absolute atomic E-state index is 0.0325. The minimum Gasteiger partial charge on any atom is -0.370 e. The quantitative estimate of drug-likeness (QED) is 0.0505. The molecule has 1 saturated carbocycles. The number of carbonyl (C=O) groups excluding carboxylic acids is 10. The van der Waals surface area contributed by atoms with Crippen LogP contribution in [0, 0.1) is 29.6 Å². The van der Waals surface area contributed by atoms with E-state index in [4.69, 9.17) is 5.73 Å². The molecule has 6 aliphatic rings. The van der Waals surface area contributed by atoms with E-state index in [1.54, 1.807) is 41.3 Å². The summed E-state index contributed by atoms with van der Waals surface area (Å²) in [5.41, 5.74) is 10.8. The fraction of sp³-hybridized carbons (Fsp3) is 0.484. The lowest BCUT2D eigenvalue weighted by molar-refractivity contribution is -0.148. The SMILES string of the molecule is CC(=O)c1ccc2[nH]c(C(=O)N[C@H]3Cc4ccccc4[C@H]4CCC[C@@H](C(=O)N[C@@H](CCC(N)=O)C(=O)C[C@H](C(=O)N5CCC(CCC#Cc6cccc7c6CN(C6CCC(=O)NC6=O)C7=O)CC5)C5CCCCC5)N4C3=O)cc2c1. The first kappa shape index (κ1) is 55.4. The number of hydrogen-bond acceptors (Lipinski definition) is 10.